The van der Waals surface area contributed by atoms with E-state index in [1.807, 2.05) is 6.07 Å². The van der Waals surface area contributed by atoms with Crippen LogP contribution in [0.4, 0.5) is 10.5 Å². The summed E-state index contributed by atoms with van der Waals surface area (Å²) in [6, 6.07) is 12.3. The van der Waals surface area contributed by atoms with Gasteiger partial charge in [-0.2, -0.15) is 0 Å². The molecule has 9 heteroatoms. The van der Waals surface area contributed by atoms with E-state index < -0.39 is 34.9 Å². The Kier molecular flexibility index (Phi) is 7.72. The van der Waals surface area contributed by atoms with E-state index in [1.54, 1.807) is 24.3 Å². The minimum atomic E-state index is -1.01. The number of carbonyl (C=O) groups excluding carboxylic acids is 3. The summed E-state index contributed by atoms with van der Waals surface area (Å²) >= 11 is 0. The van der Waals surface area contributed by atoms with Gasteiger partial charge >= 0.3 is 12.0 Å². The molecule has 2 aromatic carbocycles. The monoisotopic (exact) mass is 519 g/mol. The van der Waals surface area contributed by atoms with Crippen molar-refractivity contribution >= 4 is 23.6 Å². The predicted octanol–water partition coefficient (Wildman–Crippen LogP) is 5.79. The summed E-state index contributed by atoms with van der Waals surface area (Å²) in [6.45, 7) is 0. The van der Waals surface area contributed by atoms with E-state index in [0.717, 1.165) is 70.3 Å². The molecule has 0 aromatic heterocycles. The molecule has 1 heterocycles. The molecule has 0 saturated heterocycles. The molecule has 0 spiro atoms. The molecule has 0 bridgehead atoms. The number of imide groups is 1. The summed E-state index contributed by atoms with van der Waals surface area (Å²) in [5.74, 6) is -2.18. The summed E-state index contributed by atoms with van der Waals surface area (Å²) < 4.78 is 5.79. The molecule has 1 aliphatic heterocycles. The molecule has 2 aromatic rings. The molecule has 2 unspecified atom stereocenters. The molecule has 9 nitrogen and oxygen atoms in total. The zero-order valence-electron chi connectivity index (χ0n) is 21.3. The lowest BCUT2D eigenvalue weighted by Crippen LogP contribution is -2.55. The predicted molar refractivity (Wildman–Crippen MR) is 140 cm³/mol. The minimum absolute atomic E-state index is 0.0130. The van der Waals surface area contributed by atoms with Gasteiger partial charge in [-0.1, -0.05) is 74.9 Å². The molecule has 3 aliphatic rings. The maximum atomic E-state index is 14.5. The Balaban J connectivity index is 1.56. The molecule has 2 saturated carbocycles. The number of urea groups is 1. The number of benzene rings is 2. The number of nitro groups is 1. The van der Waals surface area contributed by atoms with E-state index in [2.05, 4.69) is 5.32 Å². The van der Waals surface area contributed by atoms with Crippen molar-refractivity contribution in [3.8, 4) is 0 Å². The number of esters is 1. The Bertz CT molecular complexity index is 1200. The van der Waals surface area contributed by atoms with Gasteiger partial charge < -0.3 is 10.1 Å². The highest BCUT2D eigenvalue weighted by Crippen LogP contribution is 2.43. The van der Waals surface area contributed by atoms with Crippen LogP contribution in [-0.2, 0) is 9.53 Å². The highest BCUT2D eigenvalue weighted by atomic mass is 16.6. The lowest BCUT2D eigenvalue weighted by atomic mass is 9.82. The average Bonchev–Trinajstić information content (AvgIpc) is 2.94. The SMILES string of the molecule is O=C1OC(c2ccccc2)C(C(=O)N(C(=O)NC2CCCCC2)C2CCCCC2)c2ccc([N+](=O)[O-])cc21. The Hall–Kier alpha value is -3.75. The molecular weight excluding hydrogens is 486 g/mol. The number of hydrogen-bond donors (Lipinski definition) is 1. The second-order valence-electron chi connectivity index (χ2n) is 10.5. The van der Waals surface area contributed by atoms with Gasteiger partial charge in [0.15, 0.2) is 0 Å². The number of rotatable bonds is 5. The summed E-state index contributed by atoms with van der Waals surface area (Å²) in [5.41, 5.74) is 0.696. The Morgan fingerprint density at radius 1 is 0.921 bits per heavy atom. The van der Waals surface area contributed by atoms with Crippen molar-refractivity contribution in [1.29, 1.82) is 0 Å². The summed E-state index contributed by atoms with van der Waals surface area (Å²) in [4.78, 5) is 53.5. The van der Waals surface area contributed by atoms with Crippen LogP contribution < -0.4 is 5.32 Å². The molecule has 38 heavy (non-hydrogen) atoms. The number of ether oxygens (including phenoxy) is 1. The number of nitro benzene ring substituents is 1. The van der Waals surface area contributed by atoms with Crippen molar-refractivity contribution in [3.05, 3.63) is 75.3 Å². The van der Waals surface area contributed by atoms with Crippen LogP contribution in [0.2, 0.25) is 0 Å². The van der Waals surface area contributed by atoms with E-state index in [0.29, 0.717) is 11.1 Å². The fraction of sp³-hybridized carbons (Fsp3) is 0.483. The van der Waals surface area contributed by atoms with Crippen LogP contribution in [0.15, 0.2) is 48.5 Å². The van der Waals surface area contributed by atoms with Crippen LogP contribution in [0.5, 0.6) is 0 Å². The summed E-state index contributed by atoms with van der Waals surface area (Å²) in [7, 11) is 0. The van der Waals surface area contributed by atoms with Crippen molar-refractivity contribution in [1.82, 2.24) is 10.2 Å². The summed E-state index contributed by atoms with van der Waals surface area (Å²) in [5, 5.41) is 14.5. The molecular formula is C29H33N3O6. The van der Waals surface area contributed by atoms with Crippen molar-refractivity contribution < 1.29 is 24.0 Å². The third-order valence-corrected chi connectivity index (χ3v) is 8.06. The number of cyclic esters (lactones) is 1. The highest BCUT2D eigenvalue weighted by molar-refractivity contribution is 6.03. The van der Waals surface area contributed by atoms with E-state index in [1.165, 1.54) is 17.0 Å². The normalized spacial score (nSPS) is 22.2. The number of non-ortho nitro benzene ring substituents is 1. The molecule has 0 radical (unpaired) electrons. The Morgan fingerprint density at radius 2 is 1.58 bits per heavy atom. The van der Waals surface area contributed by atoms with Crippen LogP contribution in [0.3, 0.4) is 0 Å². The molecule has 3 amide bonds. The fourth-order valence-electron chi connectivity index (χ4n) is 6.11. The van der Waals surface area contributed by atoms with Gasteiger partial charge in [0, 0.05) is 24.2 Å². The topological polar surface area (TPSA) is 119 Å². The quantitative estimate of drug-likeness (QED) is 0.303. The van der Waals surface area contributed by atoms with Crippen molar-refractivity contribution in [2.75, 3.05) is 0 Å². The lowest BCUT2D eigenvalue weighted by molar-refractivity contribution is -0.384. The van der Waals surface area contributed by atoms with E-state index in [9.17, 15) is 24.5 Å². The third kappa shape index (κ3) is 5.28. The van der Waals surface area contributed by atoms with Gasteiger partial charge in [-0.15, -0.1) is 0 Å². The molecule has 2 fully saturated rings. The first-order valence-electron chi connectivity index (χ1n) is 13.6. The number of carbonyl (C=O) groups is 3. The van der Waals surface area contributed by atoms with Gasteiger partial charge in [-0.25, -0.2) is 9.59 Å². The van der Waals surface area contributed by atoms with E-state index in [-0.39, 0.29) is 23.3 Å². The summed E-state index contributed by atoms with van der Waals surface area (Å²) in [6.07, 6.45) is 8.41. The van der Waals surface area contributed by atoms with Crippen LogP contribution in [0, 0.1) is 10.1 Å². The van der Waals surface area contributed by atoms with Crippen LogP contribution in [0.1, 0.15) is 97.7 Å². The highest BCUT2D eigenvalue weighted by Gasteiger charge is 2.46. The average molecular weight is 520 g/mol. The van der Waals surface area contributed by atoms with Gasteiger partial charge in [0.2, 0.25) is 5.91 Å². The maximum Gasteiger partial charge on any atom is 0.339 e. The molecule has 5 rings (SSSR count). The first-order valence-corrected chi connectivity index (χ1v) is 13.6. The van der Waals surface area contributed by atoms with Crippen molar-refractivity contribution in [2.24, 2.45) is 0 Å². The van der Waals surface area contributed by atoms with Crippen molar-refractivity contribution in [2.45, 2.75) is 88.3 Å². The standard InChI is InChI=1S/C29H33N3O6/c33-27(31(21-14-8-3-9-15-21)29(35)30-20-12-6-2-7-13-20)25-23-17-16-22(32(36)37)18-24(23)28(34)38-26(25)19-10-4-1-5-11-19/h1,4-5,10-11,16-18,20-21,25-26H,2-3,6-9,12-15H2,(H,30,35). The fourth-order valence-corrected chi connectivity index (χ4v) is 6.11. The largest absolute Gasteiger partial charge is 0.453 e. The van der Waals surface area contributed by atoms with Gasteiger partial charge in [0.05, 0.1) is 10.5 Å². The van der Waals surface area contributed by atoms with Gasteiger partial charge in [0.25, 0.3) is 5.69 Å². The number of amides is 3. The third-order valence-electron chi connectivity index (χ3n) is 8.06. The zero-order chi connectivity index (χ0) is 26.6. The lowest BCUT2D eigenvalue weighted by Gasteiger charge is -2.39. The van der Waals surface area contributed by atoms with Gasteiger partial charge in [-0.3, -0.25) is 19.8 Å². The Labute approximate surface area is 221 Å². The first-order chi connectivity index (χ1) is 18.4. The number of nitrogens with zero attached hydrogens (tertiary/aromatic N) is 2. The smallest absolute Gasteiger partial charge is 0.339 e. The van der Waals surface area contributed by atoms with Crippen LogP contribution >= 0.6 is 0 Å². The van der Waals surface area contributed by atoms with Gasteiger partial charge in [-0.05, 0) is 36.8 Å². The molecule has 2 atom stereocenters. The zero-order valence-corrected chi connectivity index (χ0v) is 21.3. The number of hydrogen-bond acceptors (Lipinski definition) is 6. The molecule has 200 valence electrons. The minimum Gasteiger partial charge on any atom is -0.453 e. The first kappa shape index (κ1) is 25.9. The number of fused-ring (bicyclic) bond motifs is 1. The van der Waals surface area contributed by atoms with E-state index in [4.69, 9.17) is 4.74 Å². The second kappa shape index (κ2) is 11.3. The Morgan fingerprint density at radius 3 is 2.24 bits per heavy atom. The number of nitrogens with one attached hydrogen (secondary N) is 1. The molecule has 2 aliphatic carbocycles. The molecule has 1 N–H and O–H groups in total. The van der Waals surface area contributed by atoms with Crippen LogP contribution in [0.25, 0.3) is 0 Å². The van der Waals surface area contributed by atoms with Crippen molar-refractivity contribution in [3.63, 3.8) is 0 Å². The maximum absolute atomic E-state index is 14.5. The van der Waals surface area contributed by atoms with Gasteiger partial charge in [0.1, 0.15) is 12.0 Å². The van der Waals surface area contributed by atoms with Crippen LogP contribution in [-0.4, -0.2) is 39.8 Å². The van der Waals surface area contributed by atoms with E-state index >= 15 is 0 Å². The second-order valence-corrected chi connectivity index (χ2v) is 10.5.